The molecule has 0 spiro atoms. The van der Waals surface area contributed by atoms with Crippen molar-refractivity contribution in [3.8, 4) is 11.3 Å². The van der Waals surface area contributed by atoms with Crippen LogP contribution in [-0.2, 0) is 0 Å². The molecule has 0 saturated carbocycles. The molecule has 0 fully saturated rings. The summed E-state index contributed by atoms with van der Waals surface area (Å²) in [6.07, 6.45) is 0. The fourth-order valence-electron chi connectivity index (χ4n) is 1.16. The van der Waals surface area contributed by atoms with Crippen LogP contribution >= 0.6 is 0 Å². The third-order valence-corrected chi connectivity index (χ3v) is 1.82. The highest BCUT2D eigenvalue weighted by molar-refractivity contribution is 5.56. The van der Waals surface area contributed by atoms with Crippen molar-refractivity contribution >= 4 is 0 Å². The van der Waals surface area contributed by atoms with E-state index in [1.54, 1.807) is 24.3 Å². The molecule has 0 aliphatic carbocycles. The Morgan fingerprint density at radius 3 is 2.36 bits per heavy atom. The smallest absolute Gasteiger partial charge is 0.336 e. The minimum absolute atomic E-state index is 0.313. The molecule has 0 bridgehead atoms. The number of halogens is 1. The molecule has 0 N–H and O–H groups in total. The maximum absolute atomic E-state index is 12.6. The van der Waals surface area contributed by atoms with Crippen molar-refractivity contribution < 1.29 is 8.81 Å². The molecule has 0 atom stereocenters. The van der Waals surface area contributed by atoms with E-state index in [1.165, 1.54) is 18.2 Å². The molecular weight excluding hydrogens is 183 g/mol. The lowest BCUT2D eigenvalue weighted by Gasteiger charge is -1.98. The summed E-state index contributed by atoms with van der Waals surface area (Å²) in [5.41, 5.74) is 0.274. The van der Waals surface area contributed by atoms with E-state index in [0.717, 1.165) is 0 Å². The molecule has 0 unspecified atom stereocenters. The van der Waals surface area contributed by atoms with Crippen molar-refractivity contribution in [3.05, 3.63) is 58.7 Å². The first kappa shape index (κ1) is 8.69. The van der Waals surface area contributed by atoms with Crippen molar-refractivity contribution in [1.82, 2.24) is 0 Å². The normalized spacial score (nSPS) is 10.1. The Morgan fingerprint density at radius 2 is 1.71 bits per heavy atom. The first-order valence-electron chi connectivity index (χ1n) is 4.12. The van der Waals surface area contributed by atoms with Crippen LogP contribution in [0.4, 0.5) is 4.39 Å². The van der Waals surface area contributed by atoms with Gasteiger partial charge in [-0.3, -0.25) is 0 Å². The van der Waals surface area contributed by atoms with Crippen LogP contribution in [0.25, 0.3) is 11.3 Å². The van der Waals surface area contributed by atoms with Crippen LogP contribution in [-0.4, -0.2) is 0 Å². The van der Waals surface area contributed by atoms with Gasteiger partial charge in [0, 0.05) is 11.6 Å². The monoisotopic (exact) mass is 190 g/mol. The Kier molecular flexibility index (Phi) is 2.14. The van der Waals surface area contributed by atoms with Gasteiger partial charge in [0.05, 0.1) is 0 Å². The van der Waals surface area contributed by atoms with Gasteiger partial charge in [-0.05, 0) is 30.3 Å². The maximum atomic E-state index is 12.6. The lowest BCUT2D eigenvalue weighted by molar-refractivity contribution is 0.525. The Labute approximate surface area is 79.6 Å². The summed E-state index contributed by atoms with van der Waals surface area (Å²) in [6, 6.07) is 10.4. The molecular formula is C11H7FO2. The summed E-state index contributed by atoms with van der Waals surface area (Å²) in [5, 5.41) is 0. The molecule has 2 aromatic rings. The van der Waals surface area contributed by atoms with Crippen molar-refractivity contribution in [1.29, 1.82) is 0 Å². The number of rotatable bonds is 1. The Balaban J connectivity index is 2.50. The Morgan fingerprint density at radius 1 is 1.00 bits per heavy atom. The van der Waals surface area contributed by atoms with Gasteiger partial charge in [0.15, 0.2) is 0 Å². The predicted octanol–water partition coefficient (Wildman–Crippen LogP) is 2.45. The molecule has 14 heavy (non-hydrogen) atoms. The highest BCUT2D eigenvalue weighted by atomic mass is 19.1. The summed E-state index contributed by atoms with van der Waals surface area (Å²) in [5.74, 6) is 0.129. The molecule has 0 amide bonds. The Bertz CT molecular complexity index is 485. The van der Waals surface area contributed by atoms with Crippen LogP contribution in [0.5, 0.6) is 0 Å². The minimum Gasteiger partial charge on any atom is -0.423 e. The average molecular weight is 190 g/mol. The van der Waals surface area contributed by atoms with Crippen LogP contribution in [0.15, 0.2) is 51.7 Å². The minimum atomic E-state index is -0.410. The second-order valence-electron chi connectivity index (χ2n) is 2.82. The summed E-state index contributed by atoms with van der Waals surface area (Å²) in [7, 11) is 0. The molecule has 0 radical (unpaired) electrons. The van der Waals surface area contributed by atoms with Crippen LogP contribution in [0.2, 0.25) is 0 Å². The number of hydrogen-bond donors (Lipinski definition) is 0. The second-order valence-corrected chi connectivity index (χ2v) is 2.82. The van der Waals surface area contributed by atoms with Gasteiger partial charge < -0.3 is 4.42 Å². The average Bonchev–Trinajstić information content (AvgIpc) is 2.19. The highest BCUT2D eigenvalue weighted by Crippen LogP contribution is 2.17. The Hall–Kier alpha value is -1.90. The van der Waals surface area contributed by atoms with E-state index in [0.29, 0.717) is 11.3 Å². The molecule has 2 nitrogen and oxygen atoms in total. The van der Waals surface area contributed by atoms with Gasteiger partial charge in [-0.2, -0.15) is 0 Å². The number of benzene rings is 1. The van der Waals surface area contributed by atoms with E-state index < -0.39 is 5.63 Å². The standard InChI is InChI=1S/C11H7FO2/c12-9-6-4-8(5-7-9)10-2-1-3-11(13)14-10/h1-7H. The molecule has 1 heterocycles. The molecule has 0 saturated heterocycles. The molecule has 0 aliphatic heterocycles. The van der Waals surface area contributed by atoms with E-state index >= 15 is 0 Å². The zero-order valence-electron chi connectivity index (χ0n) is 7.24. The summed E-state index contributed by atoms with van der Waals surface area (Å²) >= 11 is 0. The lowest BCUT2D eigenvalue weighted by atomic mass is 10.1. The highest BCUT2D eigenvalue weighted by Gasteiger charge is 1.99. The maximum Gasteiger partial charge on any atom is 0.336 e. The van der Waals surface area contributed by atoms with Gasteiger partial charge in [0.25, 0.3) is 0 Å². The zero-order chi connectivity index (χ0) is 9.97. The largest absolute Gasteiger partial charge is 0.423 e. The third-order valence-electron chi connectivity index (χ3n) is 1.82. The topological polar surface area (TPSA) is 30.2 Å². The van der Waals surface area contributed by atoms with Gasteiger partial charge in [-0.15, -0.1) is 0 Å². The lowest BCUT2D eigenvalue weighted by Crippen LogP contribution is -1.95. The molecule has 0 aliphatic rings. The van der Waals surface area contributed by atoms with Crippen LogP contribution < -0.4 is 5.63 Å². The van der Waals surface area contributed by atoms with E-state index in [2.05, 4.69) is 0 Å². The molecule has 1 aromatic heterocycles. The quantitative estimate of drug-likeness (QED) is 0.691. The first-order chi connectivity index (χ1) is 6.75. The molecule has 2 rings (SSSR count). The van der Waals surface area contributed by atoms with E-state index in [-0.39, 0.29) is 5.82 Å². The van der Waals surface area contributed by atoms with Gasteiger partial charge in [0.1, 0.15) is 11.6 Å². The summed E-state index contributed by atoms with van der Waals surface area (Å²) < 4.78 is 17.5. The van der Waals surface area contributed by atoms with Crippen LogP contribution in [0.3, 0.4) is 0 Å². The summed E-state index contributed by atoms with van der Waals surface area (Å²) in [6.45, 7) is 0. The van der Waals surface area contributed by atoms with Gasteiger partial charge in [0.2, 0.25) is 0 Å². The molecule has 1 aromatic carbocycles. The third kappa shape index (κ3) is 1.71. The van der Waals surface area contributed by atoms with Crippen molar-refractivity contribution in [3.63, 3.8) is 0 Å². The van der Waals surface area contributed by atoms with E-state index in [9.17, 15) is 9.18 Å². The number of hydrogen-bond acceptors (Lipinski definition) is 2. The fraction of sp³-hybridized carbons (Fsp3) is 0. The van der Waals surface area contributed by atoms with Crippen LogP contribution in [0, 0.1) is 5.82 Å². The van der Waals surface area contributed by atoms with Gasteiger partial charge in [-0.1, -0.05) is 6.07 Å². The first-order valence-corrected chi connectivity index (χ1v) is 4.12. The molecule has 3 heteroatoms. The predicted molar refractivity (Wildman–Crippen MR) is 50.4 cm³/mol. The zero-order valence-corrected chi connectivity index (χ0v) is 7.24. The van der Waals surface area contributed by atoms with Crippen molar-refractivity contribution in [2.24, 2.45) is 0 Å². The SMILES string of the molecule is O=c1cccc(-c2ccc(F)cc2)o1. The second kappa shape index (κ2) is 3.46. The van der Waals surface area contributed by atoms with Gasteiger partial charge in [-0.25, -0.2) is 9.18 Å². The van der Waals surface area contributed by atoms with E-state index in [4.69, 9.17) is 4.42 Å². The van der Waals surface area contributed by atoms with Crippen LogP contribution in [0.1, 0.15) is 0 Å². The fourth-order valence-corrected chi connectivity index (χ4v) is 1.16. The molecule has 70 valence electrons. The summed E-state index contributed by atoms with van der Waals surface area (Å²) in [4.78, 5) is 10.9. The van der Waals surface area contributed by atoms with Gasteiger partial charge >= 0.3 is 5.63 Å². The van der Waals surface area contributed by atoms with Crippen molar-refractivity contribution in [2.75, 3.05) is 0 Å². The van der Waals surface area contributed by atoms with Crippen molar-refractivity contribution in [2.45, 2.75) is 0 Å². The van der Waals surface area contributed by atoms with E-state index in [1.807, 2.05) is 0 Å².